The van der Waals surface area contributed by atoms with Crippen LogP contribution in [0.5, 0.6) is 6.01 Å². The normalized spacial score (nSPS) is 10.7. The molecule has 0 bridgehead atoms. The van der Waals surface area contributed by atoms with Crippen molar-refractivity contribution in [3.05, 3.63) is 35.4 Å². The highest BCUT2D eigenvalue weighted by molar-refractivity contribution is 6.28. The van der Waals surface area contributed by atoms with Gasteiger partial charge in [-0.15, -0.1) is 0 Å². The van der Waals surface area contributed by atoms with Crippen LogP contribution in [0.2, 0.25) is 5.28 Å². The van der Waals surface area contributed by atoms with Gasteiger partial charge in [-0.3, -0.25) is 4.98 Å². The van der Waals surface area contributed by atoms with Crippen LogP contribution in [0.15, 0.2) is 24.4 Å². The lowest BCUT2D eigenvalue weighted by molar-refractivity contribution is 0.221. The zero-order valence-corrected chi connectivity index (χ0v) is 13.1. The van der Waals surface area contributed by atoms with Crippen LogP contribution in [-0.4, -0.2) is 32.6 Å². The Morgan fingerprint density at radius 2 is 2.05 bits per heavy atom. The average Bonchev–Trinajstić information content (AvgIpc) is 2.44. The Morgan fingerprint density at radius 3 is 2.67 bits per heavy atom. The minimum absolute atomic E-state index is 0.0258. The van der Waals surface area contributed by atoms with E-state index in [2.05, 4.69) is 19.9 Å². The molecule has 0 spiro atoms. The number of hydrogen-bond acceptors (Lipinski definition) is 6. The number of anilines is 1. The molecule has 0 aliphatic carbocycles. The second-order valence-electron chi connectivity index (χ2n) is 4.69. The molecule has 21 heavy (non-hydrogen) atoms. The number of aromatic nitrogens is 4. The highest BCUT2D eigenvalue weighted by Gasteiger charge is 2.14. The van der Waals surface area contributed by atoms with E-state index in [0.29, 0.717) is 12.5 Å². The Hall–Kier alpha value is -1.95. The Kier molecular flexibility index (Phi) is 5.27. The maximum atomic E-state index is 5.95. The summed E-state index contributed by atoms with van der Waals surface area (Å²) in [5, 5.41) is 0.120. The first-order chi connectivity index (χ1) is 10.1. The summed E-state index contributed by atoms with van der Waals surface area (Å²) in [6, 6.07) is 6.02. The van der Waals surface area contributed by atoms with Crippen molar-refractivity contribution >= 4 is 17.5 Å². The van der Waals surface area contributed by atoms with Crippen molar-refractivity contribution < 1.29 is 4.74 Å². The van der Waals surface area contributed by atoms with E-state index in [1.54, 1.807) is 6.20 Å². The third-order valence-electron chi connectivity index (χ3n) is 2.66. The standard InChI is InChI=1S/C14H18ClN5O/c1-4-20(9-11-7-5-6-8-16-11)13-17-12(15)18-14(19-13)21-10(2)3/h5-8,10H,4,9H2,1-3H3. The summed E-state index contributed by atoms with van der Waals surface area (Å²) in [4.78, 5) is 18.7. The van der Waals surface area contributed by atoms with Gasteiger partial charge in [0.2, 0.25) is 11.2 Å². The fraction of sp³-hybridized carbons (Fsp3) is 0.429. The first-order valence-electron chi connectivity index (χ1n) is 6.81. The lowest BCUT2D eigenvalue weighted by Gasteiger charge is -2.20. The summed E-state index contributed by atoms with van der Waals surface area (Å²) in [7, 11) is 0. The predicted molar refractivity (Wildman–Crippen MR) is 81.6 cm³/mol. The van der Waals surface area contributed by atoms with Gasteiger partial charge in [-0.1, -0.05) is 6.07 Å². The lowest BCUT2D eigenvalue weighted by atomic mass is 10.3. The summed E-state index contributed by atoms with van der Waals surface area (Å²) >= 11 is 5.95. The number of rotatable bonds is 6. The minimum Gasteiger partial charge on any atom is -0.461 e. The van der Waals surface area contributed by atoms with E-state index in [1.807, 2.05) is 43.9 Å². The molecule has 0 amide bonds. The molecular formula is C14H18ClN5O. The summed E-state index contributed by atoms with van der Waals surface area (Å²) in [5.41, 5.74) is 0.933. The van der Waals surface area contributed by atoms with Gasteiger partial charge in [-0.05, 0) is 44.5 Å². The SMILES string of the molecule is CCN(Cc1ccccn1)c1nc(Cl)nc(OC(C)C)n1. The summed E-state index contributed by atoms with van der Waals surface area (Å²) in [6.45, 7) is 7.14. The Morgan fingerprint density at radius 1 is 1.24 bits per heavy atom. The summed E-state index contributed by atoms with van der Waals surface area (Å²) < 4.78 is 5.49. The second-order valence-corrected chi connectivity index (χ2v) is 5.03. The molecule has 2 aromatic rings. The van der Waals surface area contributed by atoms with Gasteiger partial charge in [0.1, 0.15) is 0 Å². The molecule has 0 saturated heterocycles. The van der Waals surface area contributed by atoms with Crippen molar-refractivity contribution in [3.8, 4) is 6.01 Å². The third-order valence-corrected chi connectivity index (χ3v) is 2.83. The first-order valence-corrected chi connectivity index (χ1v) is 7.19. The van der Waals surface area contributed by atoms with Crippen molar-refractivity contribution in [2.24, 2.45) is 0 Å². The van der Waals surface area contributed by atoms with E-state index in [4.69, 9.17) is 16.3 Å². The predicted octanol–water partition coefficient (Wildman–Crippen LogP) is 2.73. The van der Waals surface area contributed by atoms with Crippen LogP contribution in [-0.2, 0) is 6.54 Å². The fourth-order valence-corrected chi connectivity index (χ4v) is 1.89. The van der Waals surface area contributed by atoms with Gasteiger partial charge in [0, 0.05) is 12.7 Å². The molecule has 0 unspecified atom stereocenters. The Balaban J connectivity index is 2.23. The first kappa shape index (κ1) is 15.4. The van der Waals surface area contributed by atoms with Crippen molar-refractivity contribution in [2.75, 3.05) is 11.4 Å². The van der Waals surface area contributed by atoms with Crippen LogP contribution in [0, 0.1) is 0 Å². The maximum absolute atomic E-state index is 5.95. The molecule has 0 saturated carbocycles. The largest absolute Gasteiger partial charge is 0.461 e. The molecular weight excluding hydrogens is 290 g/mol. The molecule has 0 aliphatic heterocycles. The second kappa shape index (κ2) is 7.17. The van der Waals surface area contributed by atoms with Gasteiger partial charge in [0.15, 0.2) is 0 Å². The number of nitrogens with zero attached hydrogens (tertiary/aromatic N) is 5. The van der Waals surface area contributed by atoms with Crippen molar-refractivity contribution in [2.45, 2.75) is 33.4 Å². The van der Waals surface area contributed by atoms with Gasteiger partial charge in [-0.2, -0.15) is 15.0 Å². The van der Waals surface area contributed by atoms with E-state index in [9.17, 15) is 0 Å². The molecule has 6 nitrogen and oxygen atoms in total. The molecule has 0 radical (unpaired) electrons. The van der Waals surface area contributed by atoms with Gasteiger partial charge >= 0.3 is 6.01 Å². The molecule has 0 aromatic carbocycles. The molecule has 2 aromatic heterocycles. The van der Waals surface area contributed by atoms with E-state index >= 15 is 0 Å². The molecule has 0 N–H and O–H groups in total. The number of pyridine rings is 1. The molecule has 0 fully saturated rings. The van der Waals surface area contributed by atoms with Crippen LogP contribution in [0.1, 0.15) is 26.5 Å². The minimum atomic E-state index is -0.0258. The Labute approximate surface area is 129 Å². The molecule has 0 atom stereocenters. The van der Waals surface area contributed by atoms with E-state index < -0.39 is 0 Å². The van der Waals surface area contributed by atoms with Crippen LogP contribution >= 0.6 is 11.6 Å². The molecule has 7 heteroatoms. The van der Waals surface area contributed by atoms with Crippen LogP contribution in [0.3, 0.4) is 0 Å². The molecule has 2 rings (SSSR count). The zero-order chi connectivity index (χ0) is 15.2. The number of hydrogen-bond donors (Lipinski definition) is 0. The summed E-state index contributed by atoms with van der Waals surface area (Å²) in [6.07, 6.45) is 1.74. The third kappa shape index (κ3) is 4.53. The molecule has 2 heterocycles. The average molecular weight is 308 g/mol. The molecule has 0 aliphatic rings. The highest BCUT2D eigenvalue weighted by Crippen LogP contribution is 2.17. The van der Waals surface area contributed by atoms with Crippen LogP contribution in [0.25, 0.3) is 0 Å². The number of ether oxygens (including phenoxy) is 1. The smallest absolute Gasteiger partial charge is 0.322 e. The zero-order valence-electron chi connectivity index (χ0n) is 12.3. The van der Waals surface area contributed by atoms with Crippen LogP contribution in [0.4, 0.5) is 5.95 Å². The van der Waals surface area contributed by atoms with E-state index in [-0.39, 0.29) is 17.4 Å². The van der Waals surface area contributed by atoms with Gasteiger partial charge < -0.3 is 9.64 Å². The van der Waals surface area contributed by atoms with Gasteiger partial charge in [0.05, 0.1) is 18.3 Å². The monoisotopic (exact) mass is 307 g/mol. The fourth-order valence-electron chi connectivity index (χ4n) is 1.74. The quantitative estimate of drug-likeness (QED) is 0.817. The van der Waals surface area contributed by atoms with Crippen LogP contribution < -0.4 is 9.64 Å². The summed E-state index contributed by atoms with van der Waals surface area (Å²) in [5.74, 6) is 0.485. The van der Waals surface area contributed by atoms with E-state index in [0.717, 1.165) is 12.2 Å². The topological polar surface area (TPSA) is 64.0 Å². The van der Waals surface area contributed by atoms with Gasteiger partial charge in [-0.25, -0.2) is 0 Å². The highest BCUT2D eigenvalue weighted by atomic mass is 35.5. The van der Waals surface area contributed by atoms with Gasteiger partial charge in [0.25, 0.3) is 0 Å². The van der Waals surface area contributed by atoms with Crippen molar-refractivity contribution in [1.82, 2.24) is 19.9 Å². The molecule has 112 valence electrons. The lowest BCUT2D eigenvalue weighted by Crippen LogP contribution is -2.25. The Bertz CT molecular complexity index is 579. The number of halogens is 1. The van der Waals surface area contributed by atoms with E-state index in [1.165, 1.54) is 0 Å². The van der Waals surface area contributed by atoms with Crippen molar-refractivity contribution in [1.29, 1.82) is 0 Å². The van der Waals surface area contributed by atoms with Crippen molar-refractivity contribution in [3.63, 3.8) is 0 Å². The maximum Gasteiger partial charge on any atom is 0.322 e.